The maximum absolute atomic E-state index is 10.9. The molecule has 16 heavy (non-hydrogen) atoms. The van der Waals surface area contributed by atoms with Gasteiger partial charge in [0.1, 0.15) is 0 Å². The summed E-state index contributed by atoms with van der Waals surface area (Å²) < 4.78 is 21.7. The van der Waals surface area contributed by atoms with Gasteiger partial charge in [-0.05, 0) is 11.1 Å². The van der Waals surface area contributed by atoms with Gasteiger partial charge in [-0.25, -0.2) is 13.6 Å². The van der Waals surface area contributed by atoms with Crippen molar-refractivity contribution in [1.82, 2.24) is 5.32 Å². The van der Waals surface area contributed by atoms with Gasteiger partial charge in [0.25, 0.3) is 0 Å². The van der Waals surface area contributed by atoms with Gasteiger partial charge in [-0.1, -0.05) is 38.1 Å². The lowest BCUT2D eigenvalue weighted by molar-refractivity contribution is 0.589. The maximum atomic E-state index is 10.9. The maximum Gasteiger partial charge on any atom is 0.213 e. The Morgan fingerprint density at radius 3 is 2.12 bits per heavy atom. The molecule has 0 heterocycles. The van der Waals surface area contributed by atoms with Gasteiger partial charge in [0.15, 0.2) is 0 Å². The van der Waals surface area contributed by atoms with Crippen LogP contribution in [0, 0.1) is 0 Å². The van der Waals surface area contributed by atoms with Gasteiger partial charge in [-0.3, -0.25) is 0 Å². The first-order chi connectivity index (χ1) is 7.37. The summed E-state index contributed by atoms with van der Waals surface area (Å²) in [5.41, 5.74) is 1.85. The zero-order valence-electron chi connectivity index (χ0n) is 9.60. The Hall–Kier alpha value is -0.910. The van der Waals surface area contributed by atoms with Crippen LogP contribution in [0.3, 0.4) is 0 Å². The fraction of sp³-hybridized carbons (Fsp3) is 0.455. The molecule has 0 atom stereocenters. The van der Waals surface area contributed by atoms with Crippen LogP contribution >= 0.6 is 0 Å². The Bertz CT molecular complexity index is 424. The van der Waals surface area contributed by atoms with Crippen molar-refractivity contribution >= 4 is 10.0 Å². The lowest BCUT2D eigenvalue weighted by atomic mass is 10.1. The minimum atomic E-state index is -3.43. The van der Waals surface area contributed by atoms with Gasteiger partial charge in [-0.15, -0.1) is 0 Å². The van der Waals surface area contributed by atoms with Gasteiger partial charge in [0.05, 0.1) is 5.75 Å². The van der Waals surface area contributed by atoms with E-state index in [9.17, 15) is 8.42 Å². The van der Waals surface area contributed by atoms with E-state index in [1.54, 1.807) is 12.1 Å². The van der Waals surface area contributed by atoms with Crippen LogP contribution in [-0.2, 0) is 22.3 Å². The molecule has 3 N–H and O–H groups in total. The van der Waals surface area contributed by atoms with Crippen LogP contribution in [-0.4, -0.2) is 14.5 Å². The van der Waals surface area contributed by atoms with Crippen LogP contribution in [0.1, 0.15) is 25.0 Å². The Kier molecular flexibility index (Phi) is 4.46. The van der Waals surface area contributed by atoms with Crippen LogP contribution < -0.4 is 10.5 Å². The molecular weight excluding hydrogens is 224 g/mol. The Labute approximate surface area is 96.9 Å². The Balaban J connectivity index is 2.61. The second-order valence-corrected chi connectivity index (χ2v) is 5.77. The molecule has 5 heteroatoms. The molecule has 0 amide bonds. The van der Waals surface area contributed by atoms with E-state index >= 15 is 0 Å². The first-order valence-electron chi connectivity index (χ1n) is 5.18. The second-order valence-electron chi connectivity index (χ2n) is 4.16. The highest BCUT2D eigenvalue weighted by molar-refractivity contribution is 7.88. The van der Waals surface area contributed by atoms with E-state index in [0.29, 0.717) is 6.04 Å². The number of hydrogen-bond donors (Lipinski definition) is 2. The average Bonchev–Trinajstić information content (AvgIpc) is 2.14. The molecule has 0 radical (unpaired) electrons. The molecule has 0 bridgehead atoms. The second kappa shape index (κ2) is 5.43. The monoisotopic (exact) mass is 242 g/mol. The predicted octanol–water partition coefficient (Wildman–Crippen LogP) is 0.973. The zero-order chi connectivity index (χ0) is 12.2. The summed E-state index contributed by atoms with van der Waals surface area (Å²) in [5.74, 6) is -0.106. The Morgan fingerprint density at radius 2 is 1.69 bits per heavy atom. The first-order valence-corrected chi connectivity index (χ1v) is 6.90. The molecule has 0 saturated heterocycles. The van der Waals surface area contributed by atoms with E-state index < -0.39 is 10.0 Å². The van der Waals surface area contributed by atoms with Gasteiger partial charge < -0.3 is 5.32 Å². The fourth-order valence-electron chi connectivity index (χ4n) is 1.31. The lowest BCUT2D eigenvalue weighted by Crippen LogP contribution is -2.21. The van der Waals surface area contributed by atoms with E-state index in [1.165, 1.54) is 0 Å². The molecule has 0 aromatic heterocycles. The average molecular weight is 242 g/mol. The first kappa shape index (κ1) is 13.2. The van der Waals surface area contributed by atoms with Crippen LogP contribution in [0.25, 0.3) is 0 Å². The molecule has 0 spiro atoms. The van der Waals surface area contributed by atoms with Crippen LogP contribution in [0.15, 0.2) is 24.3 Å². The molecule has 0 saturated carbocycles. The minimum Gasteiger partial charge on any atom is -0.310 e. The largest absolute Gasteiger partial charge is 0.310 e. The van der Waals surface area contributed by atoms with Gasteiger partial charge >= 0.3 is 0 Å². The molecule has 0 aliphatic carbocycles. The molecule has 90 valence electrons. The topological polar surface area (TPSA) is 72.2 Å². The number of primary sulfonamides is 1. The van der Waals surface area contributed by atoms with E-state index in [-0.39, 0.29) is 5.75 Å². The molecule has 1 aromatic rings. The standard InChI is InChI=1S/C11H18N2O2S/c1-9(2)13-7-10-3-5-11(6-4-10)8-16(12,14)15/h3-6,9,13H,7-8H2,1-2H3,(H2,12,14,15). The van der Waals surface area contributed by atoms with E-state index in [0.717, 1.165) is 17.7 Å². The van der Waals surface area contributed by atoms with Crippen molar-refractivity contribution in [2.75, 3.05) is 0 Å². The summed E-state index contributed by atoms with van der Waals surface area (Å²) in [5, 5.41) is 8.25. The van der Waals surface area contributed by atoms with Crippen molar-refractivity contribution in [2.24, 2.45) is 5.14 Å². The summed E-state index contributed by atoms with van der Waals surface area (Å²) in [6.45, 7) is 4.94. The smallest absolute Gasteiger partial charge is 0.213 e. The van der Waals surface area contributed by atoms with Crippen LogP contribution in [0.2, 0.25) is 0 Å². The number of nitrogens with one attached hydrogen (secondary N) is 1. The minimum absolute atomic E-state index is 0.106. The van der Waals surface area contributed by atoms with E-state index in [1.807, 2.05) is 12.1 Å². The molecule has 0 unspecified atom stereocenters. The Morgan fingerprint density at radius 1 is 1.19 bits per heavy atom. The normalized spacial score (nSPS) is 12.0. The quantitative estimate of drug-likeness (QED) is 0.808. The summed E-state index contributed by atoms with van der Waals surface area (Å²) in [6, 6.07) is 7.85. The van der Waals surface area contributed by atoms with Crippen molar-refractivity contribution in [2.45, 2.75) is 32.2 Å². The van der Waals surface area contributed by atoms with Crippen LogP contribution in [0.4, 0.5) is 0 Å². The van der Waals surface area contributed by atoms with Crippen molar-refractivity contribution in [1.29, 1.82) is 0 Å². The summed E-state index contributed by atoms with van der Waals surface area (Å²) in [7, 11) is -3.43. The van der Waals surface area contributed by atoms with Crippen molar-refractivity contribution < 1.29 is 8.42 Å². The van der Waals surface area contributed by atoms with Gasteiger partial charge in [0, 0.05) is 12.6 Å². The lowest BCUT2D eigenvalue weighted by Gasteiger charge is -2.08. The number of rotatable bonds is 5. The van der Waals surface area contributed by atoms with Crippen molar-refractivity contribution in [3.05, 3.63) is 35.4 Å². The molecule has 1 rings (SSSR count). The molecule has 0 aliphatic heterocycles. The van der Waals surface area contributed by atoms with Crippen molar-refractivity contribution in [3.63, 3.8) is 0 Å². The summed E-state index contributed by atoms with van der Waals surface area (Å²) >= 11 is 0. The molecule has 1 aromatic carbocycles. The predicted molar refractivity (Wildman–Crippen MR) is 65.2 cm³/mol. The third kappa shape index (κ3) is 5.25. The zero-order valence-corrected chi connectivity index (χ0v) is 10.4. The number of nitrogens with two attached hydrogens (primary N) is 1. The SMILES string of the molecule is CC(C)NCc1ccc(CS(N)(=O)=O)cc1. The molecular formula is C11H18N2O2S. The number of hydrogen-bond acceptors (Lipinski definition) is 3. The van der Waals surface area contributed by atoms with E-state index in [2.05, 4.69) is 19.2 Å². The van der Waals surface area contributed by atoms with Gasteiger partial charge in [0.2, 0.25) is 10.0 Å². The van der Waals surface area contributed by atoms with Crippen LogP contribution in [0.5, 0.6) is 0 Å². The summed E-state index contributed by atoms with van der Waals surface area (Å²) in [4.78, 5) is 0. The molecule has 4 nitrogen and oxygen atoms in total. The number of benzene rings is 1. The third-order valence-corrected chi connectivity index (χ3v) is 2.84. The summed E-state index contributed by atoms with van der Waals surface area (Å²) in [6.07, 6.45) is 0. The highest BCUT2D eigenvalue weighted by Crippen LogP contribution is 2.07. The highest BCUT2D eigenvalue weighted by Gasteiger charge is 2.04. The highest BCUT2D eigenvalue weighted by atomic mass is 32.2. The fourth-order valence-corrected chi connectivity index (χ4v) is 1.96. The third-order valence-electron chi connectivity index (χ3n) is 2.11. The van der Waals surface area contributed by atoms with Gasteiger partial charge in [-0.2, -0.15) is 0 Å². The number of sulfonamides is 1. The van der Waals surface area contributed by atoms with E-state index in [4.69, 9.17) is 5.14 Å². The molecule has 0 aliphatic rings. The molecule has 0 fully saturated rings. The van der Waals surface area contributed by atoms with Crippen molar-refractivity contribution in [3.8, 4) is 0 Å².